The molecule has 0 atom stereocenters. The lowest BCUT2D eigenvalue weighted by atomic mass is 10.1. The third-order valence-electron chi connectivity index (χ3n) is 5.13. The Balaban J connectivity index is 1.50. The summed E-state index contributed by atoms with van der Waals surface area (Å²) in [6.07, 6.45) is 1.92. The normalized spacial score (nSPS) is 15.0. The van der Waals surface area contributed by atoms with Gasteiger partial charge < -0.3 is 19.7 Å². The van der Waals surface area contributed by atoms with Crippen LogP contribution in [0.4, 0.5) is 17.1 Å². The molecule has 0 bridgehead atoms. The number of nitrogens with one attached hydrogen (secondary N) is 1. The molecule has 0 aromatic heterocycles. The molecular formula is C21H19N3O7. The quantitative estimate of drug-likeness (QED) is 0.324. The third kappa shape index (κ3) is 4.32. The fraction of sp³-hybridized carbons (Fsp3) is 0.286. The first kappa shape index (κ1) is 20.3. The first-order valence-corrected chi connectivity index (χ1v) is 9.73. The average molecular weight is 425 g/mol. The van der Waals surface area contributed by atoms with Gasteiger partial charge >= 0.3 is 5.97 Å². The smallest absolute Gasteiger partial charge is 0.340 e. The maximum atomic E-state index is 12.7. The van der Waals surface area contributed by atoms with Gasteiger partial charge in [0.1, 0.15) is 5.75 Å². The van der Waals surface area contributed by atoms with Crippen LogP contribution in [0.25, 0.3) is 0 Å². The first-order valence-electron chi connectivity index (χ1n) is 9.73. The monoisotopic (exact) mass is 425 g/mol. The molecule has 160 valence electrons. The van der Waals surface area contributed by atoms with Crippen LogP contribution in [0.15, 0.2) is 36.4 Å². The van der Waals surface area contributed by atoms with Crippen molar-refractivity contribution in [3.63, 3.8) is 0 Å². The van der Waals surface area contributed by atoms with Crippen molar-refractivity contribution in [2.75, 3.05) is 36.5 Å². The summed E-state index contributed by atoms with van der Waals surface area (Å²) in [4.78, 5) is 49.2. The number of benzene rings is 2. The number of hydrogen-bond acceptors (Lipinski definition) is 8. The van der Waals surface area contributed by atoms with E-state index in [0.29, 0.717) is 17.1 Å². The second kappa shape index (κ2) is 8.42. The number of rotatable bonds is 6. The number of nitro groups is 1. The van der Waals surface area contributed by atoms with Crippen LogP contribution in [0.5, 0.6) is 5.75 Å². The molecule has 4 rings (SSSR count). The molecule has 2 aliphatic rings. The second-order valence-electron chi connectivity index (χ2n) is 7.20. The van der Waals surface area contributed by atoms with Gasteiger partial charge in [-0.05, 0) is 37.1 Å². The lowest BCUT2D eigenvalue weighted by molar-refractivity contribution is -0.384. The molecule has 0 saturated carbocycles. The maximum absolute atomic E-state index is 12.7. The zero-order valence-corrected chi connectivity index (χ0v) is 16.5. The fourth-order valence-electron chi connectivity index (χ4n) is 3.58. The van der Waals surface area contributed by atoms with Crippen molar-refractivity contribution in [3.05, 3.63) is 57.6 Å². The Labute approximate surface area is 176 Å². The number of nitro benzene ring substituents is 1. The predicted octanol–water partition coefficient (Wildman–Crippen LogP) is 2.57. The molecule has 0 radical (unpaired) electrons. The van der Waals surface area contributed by atoms with E-state index in [1.165, 1.54) is 30.3 Å². The van der Waals surface area contributed by atoms with Gasteiger partial charge in [0.15, 0.2) is 19.0 Å². The summed E-state index contributed by atoms with van der Waals surface area (Å²) in [6.45, 7) is 0.828. The summed E-state index contributed by atoms with van der Waals surface area (Å²) in [5, 5.41) is 13.8. The highest BCUT2D eigenvalue weighted by Crippen LogP contribution is 2.30. The van der Waals surface area contributed by atoms with Crippen LogP contribution in [0.2, 0.25) is 0 Å². The Bertz CT molecular complexity index is 1080. The van der Waals surface area contributed by atoms with Gasteiger partial charge in [-0.25, -0.2) is 4.79 Å². The van der Waals surface area contributed by atoms with E-state index < -0.39 is 23.3 Å². The standard InChI is InChI=1S/C21H19N3O7/c25-18(13-3-6-19-16(9-13)22-20(26)12-30-19)11-31-21(27)15-10-14(24(28)29)4-5-17(15)23-7-1-2-8-23/h3-6,9-10H,1-2,7-8,11-12H2,(H,22,26). The molecule has 2 heterocycles. The molecule has 10 heteroatoms. The van der Waals surface area contributed by atoms with Gasteiger partial charge in [-0.2, -0.15) is 0 Å². The molecule has 2 aliphatic heterocycles. The van der Waals surface area contributed by atoms with Gasteiger partial charge in [0, 0.05) is 30.8 Å². The zero-order valence-electron chi connectivity index (χ0n) is 16.5. The average Bonchev–Trinajstić information content (AvgIpc) is 3.31. The minimum Gasteiger partial charge on any atom is -0.482 e. The van der Waals surface area contributed by atoms with Gasteiger partial charge in [0.25, 0.3) is 11.6 Å². The minimum atomic E-state index is -0.812. The molecule has 31 heavy (non-hydrogen) atoms. The van der Waals surface area contributed by atoms with E-state index in [1.54, 1.807) is 6.07 Å². The number of hydrogen-bond donors (Lipinski definition) is 1. The zero-order chi connectivity index (χ0) is 22.0. The highest BCUT2D eigenvalue weighted by molar-refractivity contribution is 6.03. The molecule has 0 unspecified atom stereocenters. The molecule has 1 N–H and O–H groups in total. The van der Waals surface area contributed by atoms with E-state index >= 15 is 0 Å². The van der Waals surface area contributed by atoms with Crippen LogP contribution >= 0.6 is 0 Å². The third-order valence-corrected chi connectivity index (χ3v) is 5.13. The van der Waals surface area contributed by atoms with Gasteiger partial charge in [0.05, 0.1) is 21.9 Å². The molecule has 2 aromatic rings. The largest absolute Gasteiger partial charge is 0.482 e. The van der Waals surface area contributed by atoms with Crippen LogP contribution < -0.4 is 15.0 Å². The Morgan fingerprint density at radius 1 is 1.16 bits per heavy atom. The number of amides is 1. The number of nitrogens with zero attached hydrogens (tertiary/aromatic N) is 2. The lowest BCUT2D eigenvalue weighted by Gasteiger charge is -2.20. The van der Waals surface area contributed by atoms with E-state index in [4.69, 9.17) is 9.47 Å². The van der Waals surface area contributed by atoms with E-state index in [2.05, 4.69) is 5.32 Å². The van der Waals surface area contributed by atoms with Crippen molar-refractivity contribution in [2.24, 2.45) is 0 Å². The Kier molecular flexibility index (Phi) is 5.52. The highest BCUT2D eigenvalue weighted by Gasteiger charge is 2.24. The minimum absolute atomic E-state index is 0.0509. The molecule has 1 saturated heterocycles. The number of anilines is 2. The summed E-state index contributed by atoms with van der Waals surface area (Å²) >= 11 is 0. The van der Waals surface area contributed by atoms with Crippen LogP contribution in [0.3, 0.4) is 0 Å². The van der Waals surface area contributed by atoms with E-state index in [9.17, 15) is 24.5 Å². The van der Waals surface area contributed by atoms with Crippen molar-refractivity contribution < 1.29 is 28.8 Å². The maximum Gasteiger partial charge on any atom is 0.340 e. The molecule has 1 fully saturated rings. The van der Waals surface area contributed by atoms with Gasteiger partial charge in [0.2, 0.25) is 0 Å². The number of carbonyl (C=O) groups is 3. The number of ether oxygens (including phenoxy) is 2. The second-order valence-corrected chi connectivity index (χ2v) is 7.20. The van der Waals surface area contributed by atoms with E-state index in [0.717, 1.165) is 25.9 Å². The van der Waals surface area contributed by atoms with Crippen LogP contribution in [-0.4, -0.2) is 48.9 Å². The Hall–Kier alpha value is -3.95. The van der Waals surface area contributed by atoms with Crippen molar-refractivity contribution >= 4 is 34.7 Å². The van der Waals surface area contributed by atoms with Crippen molar-refractivity contribution in [1.29, 1.82) is 0 Å². The predicted molar refractivity (Wildman–Crippen MR) is 110 cm³/mol. The number of Topliss-reactive ketones (excluding diaryl/α,β-unsaturated/α-hetero) is 1. The summed E-state index contributed by atoms with van der Waals surface area (Å²) in [7, 11) is 0. The molecule has 1 amide bonds. The molecule has 0 aliphatic carbocycles. The summed E-state index contributed by atoms with van der Waals surface area (Å²) in [5.41, 5.74) is 0.968. The number of non-ortho nitro benzene ring substituents is 1. The van der Waals surface area contributed by atoms with E-state index in [1.807, 2.05) is 4.90 Å². The fourth-order valence-corrected chi connectivity index (χ4v) is 3.58. The number of fused-ring (bicyclic) bond motifs is 1. The topological polar surface area (TPSA) is 128 Å². The lowest BCUT2D eigenvalue weighted by Crippen LogP contribution is -2.25. The highest BCUT2D eigenvalue weighted by atomic mass is 16.6. The van der Waals surface area contributed by atoms with Gasteiger partial charge in [-0.1, -0.05) is 0 Å². The van der Waals surface area contributed by atoms with Gasteiger partial charge in [-0.15, -0.1) is 0 Å². The number of carbonyl (C=O) groups excluding carboxylic acids is 3. The molecular weight excluding hydrogens is 406 g/mol. The van der Waals surface area contributed by atoms with Crippen LogP contribution in [0, 0.1) is 10.1 Å². The summed E-state index contributed by atoms with van der Waals surface area (Å²) in [6, 6.07) is 8.57. The molecule has 2 aromatic carbocycles. The number of ketones is 1. The van der Waals surface area contributed by atoms with Crippen LogP contribution in [-0.2, 0) is 9.53 Å². The Morgan fingerprint density at radius 2 is 1.94 bits per heavy atom. The Morgan fingerprint density at radius 3 is 2.68 bits per heavy atom. The van der Waals surface area contributed by atoms with Crippen molar-refractivity contribution in [3.8, 4) is 5.75 Å². The number of esters is 1. The van der Waals surface area contributed by atoms with E-state index in [-0.39, 0.29) is 29.3 Å². The summed E-state index contributed by atoms with van der Waals surface area (Å²) < 4.78 is 10.4. The molecule has 10 nitrogen and oxygen atoms in total. The van der Waals surface area contributed by atoms with Crippen molar-refractivity contribution in [1.82, 2.24) is 0 Å². The van der Waals surface area contributed by atoms with Crippen molar-refractivity contribution in [2.45, 2.75) is 12.8 Å². The summed E-state index contributed by atoms with van der Waals surface area (Å²) in [5.74, 6) is -1.18. The first-order chi connectivity index (χ1) is 14.9. The van der Waals surface area contributed by atoms with Crippen LogP contribution in [0.1, 0.15) is 33.6 Å². The van der Waals surface area contributed by atoms with Gasteiger partial charge in [-0.3, -0.25) is 19.7 Å². The molecule has 0 spiro atoms. The SMILES string of the molecule is O=C1COc2ccc(C(=O)COC(=O)c3cc([N+](=O)[O-])ccc3N3CCCC3)cc2N1.